The zero-order valence-corrected chi connectivity index (χ0v) is 17.1. The van der Waals surface area contributed by atoms with Crippen LogP contribution in [0.15, 0.2) is 47.4 Å². The Morgan fingerprint density at radius 2 is 1.90 bits per heavy atom. The molecule has 1 heterocycles. The van der Waals surface area contributed by atoms with Crippen molar-refractivity contribution in [2.45, 2.75) is 11.4 Å². The summed E-state index contributed by atoms with van der Waals surface area (Å²) in [6, 6.07) is 10.4. The number of nitrogens with one attached hydrogen (secondary N) is 2. The number of sulfonamides is 1. The van der Waals surface area contributed by atoms with Crippen molar-refractivity contribution in [1.82, 2.24) is 9.62 Å². The van der Waals surface area contributed by atoms with Gasteiger partial charge in [0.25, 0.3) is 11.6 Å². The quantitative estimate of drug-likeness (QED) is 0.500. The third kappa shape index (κ3) is 4.58. The fourth-order valence-corrected chi connectivity index (χ4v) is 4.78. The van der Waals surface area contributed by atoms with Crippen molar-refractivity contribution in [3.8, 4) is 0 Å². The standard InChI is InChI=1S/C19H22N4O6S/c1-20-17-7-6-15(23(25)26)12-16(17)19(24)21-13-14-4-2-3-5-18(14)30(27,28)22-8-10-29-11-9-22/h2-7,12,20H,8-11,13H2,1H3,(H,21,24). The minimum absolute atomic E-state index is 0.0512. The largest absolute Gasteiger partial charge is 0.387 e. The van der Waals surface area contributed by atoms with Gasteiger partial charge in [-0.25, -0.2) is 8.42 Å². The zero-order valence-electron chi connectivity index (χ0n) is 16.3. The SMILES string of the molecule is CNc1ccc([N+](=O)[O-])cc1C(=O)NCc1ccccc1S(=O)(=O)N1CCOCC1. The van der Waals surface area contributed by atoms with Gasteiger partial charge in [0.2, 0.25) is 10.0 Å². The number of ether oxygens (including phenoxy) is 1. The molecule has 1 aliphatic rings. The summed E-state index contributed by atoms with van der Waals surface area (Å²) >= 11 is 0. The van der Waals surface area contributed by atoms with Crippen LogP contribution in [0, 0.1) is 10.1 Å². The number of morpholine rings is 1. The Bertz CT molecular complexity index is 1050. The number of carbonyl (C=O) groups excluding carboxylic acids is 1. The van der Waals surface area contributed by atoms with Crippen molar-refractivity contribution in [3.05, 3.63) is 63.7 Å². The van der Waals surface area contributed by atoms with E-state index in [1.54, 1.807) is 25.2 Å². The molecule has 0 spiro atoms. The number of anilines is 1. The summed E-state index contributed by atoms with van der Waals surface area (Å²) < 4.78 is 32.6. The molecule has 0 radical (unpaired) electrons. The lowest BCUT2D eigenvalue weighted by molar-refractivity contribution is -0.384. The Morgan fingerprint density at radius 3 is 2.57 bits per heavy atom. The minimum Gasteiger partial charge on any atom is -0.387 e. The molecular formula is C19H22N4O6S. The minimum atomic E-state index is -3.74. The van der Waals surface area contributed by atoms with Crippen molar-refractivity contribution >= 4 is 27.3 Å². The number of amides is 1. The molecule has 0 saturated carbocycles. The molecule has 3 rings (SSSR count). The van der Waals surface area contributed by atoms with Crippen molar-refractivity contribution in [2.75, 3.05) is 38.7 Å². The maximum atomic E-state index is 13.0. The van der Waals surface area contributed by atoms with Gasteiger partial charge in [-0.3, -0.25) is 14.9 Å². The molecule has 0 aromatic heterocycles. The first-order valence-corrected chi connectivity index (χ1v) is 10.7. The van der Waals surface area contributed by atoms with Crippen molar-refractivity contribution in [1.29, 1.82) is 0 Å². The van der Waals surface area contributed by atoms with Gasteiger partial charge in [-0.1, -0.05) is 18.2 Å². The van der Waals surface area contributed by atoms with Gasteiger partial charge >= 0.3 is 0 Å². The van der Waals surface area contributed by atoms with E-state index in [-0.39, 0.29) is 35.8 Å². The van der Waals surface area contributed by atoms with Crippen LogP contribution >= 0.6 is 0 Å². The number of nitro groups is 1. The van der Waals surface area contributed by atoms with Crippen LogP contribution in [0.3, 0.4) is 0 Å². The molecule has 1 fully saturated rings. The highest BCUT2D eigenvalue weighted by Gasteiger charge is 2.28. The molecule has 11 heteroatoms. The van der Waals surface area contributed by atoms with E-state index in [1.807, 2.05) is 0 Å². The molecule has 0 atom stereocenters. The van der Waals surface area contributed by atoms with Gasteiger partial charge in [0, 0.05) is 44.5 Å². The number of nitrogens with zero attached hydrogens (tertiary/aromatic N) is 2. The molecule has 0 bridgehead atoms. The van der Waals surface area contributed by atoms with Crippen LogP contribution in [0.5, 0.6) is 0 Å². The lowest BCUT2D eigenvalue weighted by Crippen LogP contribution is -2.41. The van der Waals surface area contributed by atoms with E-state index in [0.717, 1.165) is 0 Å². The molecule has 1 saturated heterocycles. The van der Waals surface area contributed by atoms with Gasteiger partial charge in [-0.05, 0) is 17.7 Å². The topological polar surface area (TPSA) is 131 Å². The number of benzene rings is 2. The maximum absolute atomic E-state index is 13.0. The van der Waals surface area contributed by atoms with E-state index in [4.69, 9.17) is 4.74 Å². The third-order valence-electron chi connectivity index (χ3n) is 4.73. The predicted octanol–water partition coefficient (Wildman–Crippen LogP) is 1.59. The fraction of sp³-hybridized carbons (Fsp3) is 0.316. The number of hydrogen-bond donors (Lipinski definition) is 2. The van der Waals surface area contributed by atoms with Crippen molar-refractivity contribution < 1.29 is 22.9 Å². The van der Waals surface area contributed by atoms with E-state index in [0.29, 0.717) is 24.5 Å². The van der Waals surface area contributed by atoms with Crippen LogP contribution < -0.4 is 10.6 Å². The van der Waals surface area contributed by atoms with Gasteiger partial charge in [-0.15, -0.1) is 0 Å². The summed E-state index contributed by atoms with van der Waals surface area (Å²) in [7, 11) is -2.14. The summed E-state index contributed by atoms with van der Waals surface area (Å²) in [6.07, 6.45) is 0. The van der Waals surface area contributed by atoms with Gasteiger partial charge in [0.05, 0.1) is 28.6 Å². The molecule has 2 aromatic carbocycles. The predicted molar refractivity (Wildman–Crippen MR) is 110 cm³/mol. The monoisotopic (exact) mass is 434 g/mol. The Kier molecular flexibility index (Phi) is 6.65. The first kappa shape index (κ1) is 21.7. The number of carbonyl (C=O) groups is 1. The molecule has 0 unspecified atom stereocenters. The summed E-state index contributed by atoms with van der Waals surface area (Å²) in [5.41, 5.74) is 0.732. The van der Waals surface area contributed by atoms with Crippen LogP contribution in [0.4, 0.5) is 11.4 Å². The van der Waals surface area contributed by atoms with Gasteiger partial charge < -0.3 is 15.4 Å². The van der Waals surface area contributed by atoms with Gasteiger partial charge in [-0.2, -0.15) is 4.31 Å². The van der Waals surface area contributed by atoms with Crippen LogP contribution in [0.2, 0.25) is 0 Å². The number of rotatable bonds is 7. The van der Waals surface area contributed by atoms with E-state index in [1.165, 1.54) is 28.6 Å². The van der Waals surface area contributed by atoms with E-state index in [9.17, 15) is 23.3 Å². The van der Waals surface area contributed by atoms with Crippen LogP contribution in [0.25, 0.3) is 0 Å². The number of nitro benzene ring substituents is 1. The molecule has 1 aliphatic heterocycles. The first-order valence-electron chi connectivity index (χ1n) is 9.25. The Hall–Kier alpha value is -3.02. The average Bonchev–Trinajstić information content (AvgIpc) is 2.77. The van der Waals surface area contributed by atoms with E-state index >= 15 is 0 Å². The fourth-order valence-electron chi connectivity index (χ4n) is 3.15. The normalized spacial score (nSPS) is 14.8. The van der Waals surface area contributed by atoms with Crippen LogP contribution in [0.1, 0.15) is 15.9 Å². The molecular weight excluding hydrogens is 412 g/mol. The number of non-ortho nitro benzene ring substituents is 1. The molecule has 10 nitrogen and oxygen atoms in total. The lowest BCUT2D eigenvalue weighted by atomic mass is 10.1. The smallest absolute Gasteiger partial charge is 0.270 e. The first-order chi connectivity index (χ1) is 14.3. The molecule has 0 aliphatic carbocycles. The molecule has 2 N–H and O–H groups in total. The third-order valence-corrected chi connectivity index (χ3v) is 6.73. The number of hydrogen-bond acceptors (Lipinski definition) is 7. The van der Waals surface area contributed by atoms with Crippen molar-refractivity contribution in [3.63, 3.8) is 0 Å². The summed E-state index contributed by atoms with van der Waals surface area (Å²) in [4.78, 5) is 23.2. The van der Waals surface area contributed by atoms with Gasteiger partial charge in [0.15, 0.2) is 0 Å². The second-order valence-corrected chi connectivity index (χ2v) is 8.45. The Balaban J connectivity index is 1.83. The second-order valence-electron chi connectivity index (χ2n) is 6.54. The van der Waals surface area contributed by atoms with Crippen LogP contribution in [-0.2, 0) is 21.3 Å². The molecule has 160 valence electrons. The molecule has 1 amide bonds. The lowest BCUT2D eigenvalue weighted by Gasteiger charge is -2.27. The highest BCUT2D eigenvalue weighted by Crippen LogP contribution is 2.23. The molecule has 2 aromatic rings. The van der Waals surface area contributed by atoms with Crippen molar-refractivity contribution in [2.24, 2.45) is 0 Å². The van der Waals surface area contributed by atoms with Gasteiger partial charge in [0.1, 0.15) is 0 Å². The summed E-state index contributed by atoms with van der Waals surface area (Å²) in [5.74, 6) is -0.554. The molecule has 30 heavy (non-hydrogen) atoms. The van der Waals surface area contributed by atoms with E-state index < -0.39 is 20.9 Å². The second kappa shape index (κ2) is 9.20. The Labute approximate surface area is 174 Å². The van der Waals surface area contributed by atoms with Crippen LogP contribution in [-0.4, -0.2) is 56.9 Å². The summed E-state index contributed by atoms with van der Waals surface area (Å²) in [5, 5.41) is 16.5. The average molecular weight is 434 g/mol. The highest BCUT2D eigenvalue weighted by molar-refractivity contribution is 7.89. The Morgan fingerprint density at radius 1 is 1.20 bits per heavy atom. The van der Waals surface area contributed by atoms with E-state index in [2.05, 4.69) is 10.6 Å². The maximum Gasteiger partial charge on any atom is 0.270 e. The summed E-state index contributed by atoms with van der Waals surface area (Å²) in [6.45, 7) is 1.14. The zero-order chi connectivity index (χ0) is 21.7. The highest BCUT2D eigenvalue weighted by atomic mass is 32.2.